The zero-order valence-electron chi connectivity index (χ0n) is 14.0. The molecule has 1 aromatic carbocycles. The Hall–Kier alpha value is -2.44. The number of aromatic nitrogens is 1. The van der Waals surface area contributed by atoms with Crippen LogP contribution in [0.2, 0.25) is 0 Å². The molecule has 4 nitrogen and oxygen atoms in total. The Bertz CT molecular complexity index is 799. The zero-order chi connectivity index (χ0) is 17.9. The van der Waals surface area contributed by atoms with Gasteiger partial charge in [-0.15, -0.1) is 11.3 Å². The second-order valence-electron chi connectivity index (χ2n) is 4.94. The van der Waals surface area contributed by atoms with E-state index in [1.165, 1.54) is 9.77 Å². The highest BCUT2D eigenvalue weighted by atomic mass is 32.2. The monoisotopic (exact) mass is 369 g/mol. The number of aryl methyl sites for hydroxylation is 1. The first-order chi connectivity index (χ1) is 12.2. The fourth-order valence-corrected chi connectivity index (χ4v) is 3.67. The van der Waals surface area contributed by atoms with Crippen molar-refractivity contribution in [1.82, 2.24) is 10.4 Å². The number of pyridine rings is 1. The highest BCUT2D eigenvalue weighted by Gasteiger charge is 2.01. The Balaban J connectivity index is 0.000000212. The summed E-state index contributed by atoms with van der Waals surface area (Å²) in [6.45, 7) is 1.99. The van der Waals surface area contributed by atoms with Gasteiger partial charge in [0.15, 0.2) is 0 Å². The van der Waals surface area contributed by atoms with Gasteiger partial charge in [0.25, 0.3) is 0 Å². The van der Waals surface area contributed by atoms with Gasteiger partial charge in [-0.25, -0.2) is 4.98 Å². The van der Waals surface area contributed by atoms with Crippen molar-refractivity contribution in [3.63, 3.8) is 0 Å². The highest BCUT2D eigenvalue weighted by Crippen LogP contribution is 2.31. The molecule has 0 spiro atoms. The molecule has 0 amide bonds. The second kappa shape index (κ2) is 10.4. The fraction of sp³-hybridized carbons (Fsp3) is 0.105. The van der Waals surface area contributed by atoms with Crippen LogP contribution >= 0.6 is 23.1 Å². The van der Waals surface area contributed by atoms with Crippen molar-refractivity contribution in [2.75, 3.05) is 7.05 Å². The van der Waals surface area contributed by atoms with Gasteiger partial charge < -0.3 is 5.43 Å². The van der Waals surface area contributed by atoms with Crippen molar-refractivity contribution >= 4 is 35.6 Å². The van der Waals surface area contributed by atoms with Crippen molar-refractivity contribution in [2.45, 2.75) is 16.2 Å². The topological polar surface area (TPSA) is 54.4 Å². The average Bonchev–Trinajstić information content (AvgIpc) is 3.09. The van der Waals surface area contributed by atoms with Gasteiger partial charge in [-0.1, -0.05) is 47.7 Å². The normalized spacial score (nSPS) is 10.2. The number of hydrogen-bond donors (Lipinski definition) is 1. The lowest BCUT2D eigenvalue weighted by molar-refractivity contribution is 0.112. The maximum atomic E-state index is 10.1. The Kier molecular flexibility index (Phi) is 7.88. The van der Waals surface area contributed by atoms with E-state index in [9.17, 15) is 4.79 Å². The predicted octanol–water partition coefficient (Wildman–Crippen LogP) is 4.66. The van der Waals surface area contributed by atoms with Gasteiger partial charge in [-0.2, -0.15) is 5.10 Å². The summed E-state index contributed by atoms with van der Waals surface area (Å²) in [6.07, 6.45) is 4.46. The van der Waals surface area contributed by atoms with Crippen LogP contribution in [0.1, 0.15) is 20.8 Å². The number of rotatable bonds is 5. The van der Waals surface area contributed by atoms with Crippen LogP contribution in [0.3, 0.4) is 0 Å². The van der Waals surface area contributed by atoms with Crippen LogP contribution in [0.25, 0.3) is 0 Å². The standard InChI is InChI=1S/C11H11N3S2.C8H8O/c1-12-14-8-9-5-6-11(15-9)16-10-4-2-3-7-13-10;1-7-2-4-8(6-9)5-3-7/h2-8,12H,1H3;2-6H,1H3/b14-8+;. The van der Waals surface area contributed by atoms with Crippen LogP contribution in [-0.4, -0.2) is 24.5 Å². The van der Waals surface area contributed by atoms with Crippen LogP contribution in [0.5, 0.6) is 0 Å². The third-order valence-electron chi connectivity index (χ3n) is 2.98. The van der Waals surface area contributed by atoms with Crippen LogP contribution in [-0.2, 0) is 0 Å². The molecule has 0 atom stereocenters. The lowest BCUT2D eigenvalue weighted by Crippen LogP contribution is -1.92. The van der Waals surface area contributed by atoms with Crippen molar-refractivity contribution in [1.29, 1.82) is 0 Å². The van der Waals surface area contributed by atoms with Gasteiger partial charge in [0.2, 0.25) is 0 Å². The predicted molar refractivity (Wildman–Crippen MR) is 106 cm³/mol. The summed E-state index contributed by atoms with van der Waals surface area (Å²) in [5.74, 6) is 0. The molecule has 25 heavy (non-hydrogen) atoms. The molecule has 0 radical (unpaired) electrons. The van der Waals surface area contributed by atoms with Gasteiger partial charge >= 0.3 is 0 Å². The minimum atomic E-state index is 0.737. The Labute approximate surface area is 156 Å². The summed E-state index contributed by atoms with van der Waals surface area (Å²) < 4.78 is 1.22. The fourth-order valence-electron chi connectivity index (χ4n) is 1.74. The van der Waals surface area contributed by atoms with Gasteiger partial charge in [0.05, 0.1) is 10.4 Å². The summed E-state index contributed by atoms with van der Waals surface area (Å²) >= 11 is 3.37. The Morgan fingerprint density at radius 1 is 1.12 bits per heavy atom. The third-order valence-corrected chi connectivity index (χ3v) is 5.08. The number of benzene rings is 1. The zero-order valence-corrected chi connectivity index (χ0v) is 15.7. The minimum absolute atomic E-state index is 0.737. The number of nitrogens with one attached hydrogen (secondary N) is 1. The van der Waals surface area contributed by atoms with Crippen molar-refractivity contribution in [3.05, 3.63) is 76.8 Å². The van der Waals surface area contributed by atoms with E-state index in [0.29, 0.717) is 0 Å². The van der Waals surface area contributed by atoms with Crippen LogP contribution < -0.4 is 5.43 Å². The maximum Gasteiger partial charge on any atom is 0.150 e. The van der Waals surface area contributed by atoms with E-state index in [1.807, 2.05) is 55.6 Å². The minimum Gasteiger partial charge on any atom is -0.313 e. The van der Waals surface area contributed by atoms with E-state index >= 15 is 0 Å². The summed E-state index contributed by atoms with van der Waals surface area (Å²) in [5.41, 5.74) is 4.65. The van der Waals surface area contributed by atoms with Crippen molar-refractivity contribution in [2.24, 2.45) is 5.10 Å². The molecular weight excluding hydrogens is 350 g/mol. The van der Waals surface area contributed by atoms with Crippen molar-refractivity contribution in [3.8, 4) is 0 Å². The van der Waals surface area contributed by atoms with Crippen LogP contribution in [0, 0.1) is 6.92 Å². The first-order valence-corrected chi connectivity index (χ1v) is 9.25. The molecular formula is C19H19N3OS2. The highest BCUT2D eigenvalue weighted by molar-refractivity contribution is 8.01. The molecule has 0 unspecified atom stereocenters. The van der Waals surface area contributed by atoms with Gasteiger partial charge in [0.1, 0.15) is 11.3 Å². The molecule has 2 aromatic heterocycles. The third kappa shape index (κ3) is 6.91. The number of carbonyl (C=O) groups is 1. The summed E-state index contributed by atoms with van der Waals surface area (Å²) in [7, 11) is 1.79. The van der Waals surface area contributed by atoms with E-state index in [4.69, 9.17) is 0 Å². The molecule has 0 saturated heterocycles. The van der Waals surface area contributed by atoms with Crippen LogP contribution in [0.15, 0.2) is 75.1 Å². The number of carbonyl (C=O) groups excluding carboxylic acids is 1. The molecule has 2 heterocycles. The molecule has 128 valence electrons. The first-order valence-electron chi connectivity index (χ1n) is 7.61. The molecule has 0 aliphatic rings. The van der Waals surface area contributed by atoms with Gasteiger partial charge in [-0.3, -0.25) is 4.79 Å². The number of thiophene rings is 1. The summed E-state index contributed by atoms with van der Waals surface area (Å²) in [5, 5.41) is 4.99. The number of hydrogen-bond acceptors (Lipinski definition) is 6. The van der Waals surface area contributed by atoms with Crippen molar-refractivity contribution < 1.29 is 4.79 Å². The molecule has 1 N–H and O–H groups in total. The van der Waals surface area contributed by atoms with Crippen LogP contribution in [0.4, 0.5) is 0 Å². The maximum absolute atomic E-state index is 10.1. The second-order valence-corrected chi connectivity index (χ2v) is 7.37. The van der Waals surface area contributed by atoms with E-state index in [0.717, 1.165) is 21.8 Å². The molecule has 6 heteroatoms. The van der Waals surface area contributed by atoms with Gasteiger partial charge in [0, 0.05) is 23.7 Å². The quantitative estimate of drug-likeness (QED) is 0.404. The molecule has 0 aliphatic carbocycles. The number of aldehydes is 1. The molecule has 3 rings (SSSR count). The Morgan fingerprint density at radius 2 is 1.92 bits per heavy atom. The van der Waals surface area contributed by atoms with E-state index in [2.05, 4.69) is 27.6 Å². The van der Waals surface area contributed by atoms with E-state index in [1.54, 1.807) is 36.3 Å². The molecule has 0 aliphatic heterocycles. The smallest absolute Gasteiger partial charge is 0.150 e. The Morgan fingerprint density at radius 3 is 2.56 bits per heavy atom. The van der Waals surface area contributed by atoms with E-state index in [-0.39, 0.29) is 0 Å². The summed E-state index contributed by atoms with van der Waals surface area (Å²) in [6, 6.07) is 17.5. The molecule has 0 bridgehead atoms. The average molecular weight is 370 g/mol. The number of nitrogens with zero attached hydrogens (tertiary/aromatic N) is 2. The molecule has 0 fully saturated rings. The SMILES string of the molecule is CN/N=C/c1ccc(Sc2ccccn2)s1.Cc1ccc(C=O)cc1. The molecule has 3 aromatic rings. The summed E-state index contributed by atoms with van der Waals surface area (Å²) in [4.78, 5) is 15.5. The first kappa shape index (κ1) is 18.9. The lowest BCUT2D eigenvalue weighted by Gasteiger charge is -1.94. The largest absolute Gasteiger partial charge is 0.313 e. The number of hydrazone groups is 1. The molecule has 0 saturated carbocycles. The van der Waals surface area contributed by atoms with Gasteiger partial charge in [-0.05, 0) is 31.2 Å². The van der Waals surface area contributed by atoms with E-state index < -0.39 is 0 Å². The lowest BCUT2D eigenvalue weighted by atomic mass is 10.2.